The Morgan fingerprint density at radius 1 is 1.50 bits per heavy atom. The Bertz CT molecular complexity index is 200. The Kier molecular flexibility index (Phi) is 4.88. The number of hydrogen-bond donors (Lipinski definition) is 1. The number of rotatable bonds is 6. The van der Waals surface area contributed by atoms with Crippen molar-refractivity contribution in [3.63, 3.8) is 0 Å². The highest BCUT2D eigenvalue weighted by Crippen LogP contribution is 2.32. The standard InChI is InChI=1S/C12H21NO/c1-2-3-4-8-12(14)11-7-5-6-10(11)9-13/h2,10-11H,1,3-9,13H2. The van der Waals surface area contributed by atoms with Crippen molar-refractivity contribution in [2.24, 2.45) is 17.6 Å². The largest absolute Gasteiger partial charge is 0.330 e. The van der Waals surface area contributed by atoms with Crippen molar-refractivity contribution >= 4 is 5.78 Å². The van der Waals surface area contributed by atoms with Crippen LogP contribution in [-0.4, -0.2) is 12.3 Å². The summed E-state index contributed by atoms with van der Waals surface area (Å²) in [6.07, 6.45) is 7.89. The molecule has 0 spiro atoms. The highest BCUT2D eigenvalue weighted by molar-refractivity contribution is 5.81. The van der Waals surface area contributed by atoms with Gasteiger partial charge in [-0.25, -0.2) is 0 Å². The fraction of sp³-hybridized carbons (Fsp3) is 0.750. The second-order valence-electron chi connectivity index (χ2n) is 4.18. The molecule has 2 nitrogen and oxygen atoms in total. The quantitative estimate of drug-likeness (QED) is 0.522. The summed E-state index contributed by atoms with van der Waals surface area (Å²) in [7, 11) is 0. The van der Waals surface area contributed by atoms with Gasteiger partial charge in [-0.3, -0.25) is 4.79 Å². The molecule has 0 aromatic rings. The molecule has 1 saturated carbocycles. The van der Waals surface area contributed by atoms with Crippen molar-refractivity contribution < 1.29 is 4.79 Å². The van der Waals surface area contributed by atoms with Gasteiger partial charge in [0.25, 0.3) is 0 Å². The smallest absolute Gasteiger partial charge is 0.136 e. The van der Waals surface area contributed by atoms with Gasteiger partial charge in [0.15, 0.2) is 0 Å². The molecule has 1 aliphatic rings. The van der Waals surface area contributed by atoms with E-state index < -0.39 is 0 Å². The molecule has 2 N–H and O–H groups in total. The Hall–Kier alpha value is -0.630. The third-order valence-electron chi connectivity index (χ3n) is 3.21. The Balaban J connectivity index is 2.31. The molecule has 14 heavy (non-hydrogen) atoms. The maximum atomic E-state index is 11.8. The number of allylic oxidation sites excluding steroid dienone is 1. The number of ketones is 1. The molecule has 0 saturated heterocycles. The monoisotopic (exact) mass is 195 g/mol. The topological polar surface area (TPSA) is 43.1 Å². The third-order valence-corrected chi connectivity index (χ3v) is 3.21. The van der Waals surface area contributed by atoms with Crippen LogP contribution in [0.2, 0.25) is 0 Å². The minimum Gasteiger partial charge on any atom is -0.330 e. The van der Waals surface area contributed by atoms with E-state index in [4.69, 9.17) is 5.73 Å². The van der Waals surface area contributed by atoms with Gasteiger partial charge in [0.05, 0.1) is 0 Å². The second kappa shape index (κ2) is 5.97. The maximum Gasteiger partial charge on any atom is 0.136 e. The molecule has 1 rings (SSSR count). The molecule has 0 bridgehead atoms. The van der Waals surface area contributed by atoms with Crippen LogP contribution in [0.4, 0.5) is 0 Å². The van der Waals surface area contributed by atoms with Gasteiger partial charge < -0.3 is 5.73 Å². The Morgan fingerprint density at radius 3 is 2.93 bits per heavy atom. The van der Waals surface area contributed by atoms with Crippen LogP contribution in [0.1, 0.15) is 38.5 Å². The first kappa shape index (κ1) is 11.4. The molecule has 0 heterocycles. The summed E-state index contributed by atoms with van der Waals surface area (Å²) in [6.45, 7) is 4.33. The molecule has 2 heteroatoms. The lowest BCUT2D eigenvalue weighted by Gasteiger charge is -2.15. The van der Waals surface area contributed by atoms with Gasteiger partial charge in [0.1, 0.15) is 5.78 Å². The number of unbranched alkanes of at least 4 members (excludes halogenated alkanes) is 1. The second-order valence-corrected chi connectivity index (χ2v) is 4.18. The minimum absolute atomic E-state index is 0.268. The van der Waals surface area contributed by atoms with E-state index in [1.807, 2.05) is 6.08 Å². The predicted molar refractivity (Wildman–Crippen MR) is 58.9 cm³/mol. The van der Waals surface area contributed by atoms with Gasteiger partial charge in [-0.1, -0.05) is 12.5 Å². The number of Topliss-reactive ketones (excluding diaryl/α,β-unsaturated/α-hetero) is 1. The first-order chi connectivity index (χ1) is 6.79. The molecule has 2 atom stereocenters. The summed E-state index contributed by atoms with van der Waals surface area (Å²) in [5.41, 5.74) is 5.65. The van der Waals surface area contributed by atoms with E-state index in [-0.39, 0.29) is 5.92 Å². The zero-order chi connectivity index (χ0) is 10.4. The van der Waals surface area contributed by atoms with Crippen LogP contribution in [0.25, 0.3) is 0 Å². The van der Waals surface area contributed by atoms with E-state index in [9.17, 15) is 4.79 Å². The molecule has 0 aliphatic heterocycles. The number of carbonyl (C=O) groups excluding carboxylic acids is 1. The van der Waals surface area contributed by atoms with E-state index in [1.54, 1.807) is 0 Å². The van der Waals surface area contributed by atoms with Crippen LogP contribution in [-0.2, 0) is 4.79 Å². The van der Waals surface area contributed by atoms with Crippen molar-refractivity contribution in [1.82, 2.24) is 0 Å². The maximum absolute atomic E-state index is 11.8. The summed E-state index contributed by atoms with van der Waals surface area (Å²) in [5, 5.41) is 0. The van der Waals surface area contributed by atoms with Gasteiger partial charge in [-0.2, -0.15) is 0 Å². The molecular weight excluding hydrogens is 174 g/mol. The highest BCUT2D eigenvalue weighted by Gasteiger charge is 2.30. The van der Waals surface area contributed by atoms with Crippen LogP contribution in [0.3, 0.4) is 0 Å². The molecule has 2 unspecified atom stereocenters. The van der Waals surface area contributed by atoms with Crippen molar-refractivity contribution in [2.45, 2.75) is 38.5 Å². The van der Waals surface area contributed by atoms with Crippen LogP contribution < -0.4 is 5.73 Å². The first-order valence-electron chi connectivity index (χ1n) is 5.63. The number of nitrogens with two attached hydrogens (primary N) is 1. The normalized spacial score (nSPS) is 26.4. The lowest BCUT2D eigenvalue weighted by molar-refractivity contribution is -0.123. The van der Waals surface area contributed by atoms with Gasteiger partial charge in [0.2, 0.25) is 0 Å². The molecule has 1 aliphatic carbocycles. The summed E-state index contributed by atoms with van der Waals surface area (Å²) in [5.74, 6) is 1.16. The molecule has 1 fully saturated rings. The van der Waals surface area contributed by atoms with E-state index in [1.165, 1.54) is 6.42 Å². The average molecular weight is 195 g/mol. The zero-order valence-electron chi connectivity index (χ0n) is 8.87. The zero-order valence-corrected chi connectivity index (χ0v) is 8.87. The lowest BCUT2D eigenvalue weighted by atomic mass is 9.89. The lowest BCUT2D eigenvalue weighted by Crippen LogP contribution is -2.24. The van der Waals surface area contributed by atoms with Crippen molar-refractivity contribution in [3.8, 4) is 0 Å². The Labute approximate surface area is 86.6 Å². The van der Waals surface area contributed by atoms with Crippen molar-refractivity contribution in [2.75, 3.05) is 6.54 Å². The van der Waals surface area contributed by atoms with E-state index in [0.717, 1.165) is 25.7 Å². The molecule has 80 valence electrons. The fourth-order valence-electron chi connectivity index (χ4n) is 2.35. The van der Waals surface area contributed by atoms with Gasteiger partial charge in [0, 0.05) is 12.3 Å². The fourth-order valence-corrected chi connectivity index (χ4v) is 2.35. The van der Waals surface area contributed by atoms with E-state index >= 15 is 0 Å². The highest BCUT2D eigenvalue weighted by atomic mass is 16.1. The summed E-state index contributed by atoms with van der Waals surface area (Å²) in [6, 6.07) is 0. The van der Waals surface area contributed by atoms with Crippen molar-refractivity contribution in [1.29, 1.82) is 0 Å². The van der Waals surface area contributed by atoms with E-state index in [2.05, 4.69) is 6.58 Å². The van der Waals surface area contributed by atoms with Crippen LogP contribution in [0.5, 0.6) is 0 Å². The molecule has 0 aromatic carbocycles. The number of carbonyl (C=O) groups is 1. The van der Waals surface area contributed by atoms with Gasteiger partial charge >= 0.3 is 0 Å². The molecule has 0 radical (unpaired) electrons. The third kappa shape index (κ3) is 2.95. The molecule has 0 aromatic heterocycles. The van der Waals surface area contributed by atoms with Crippen LogP contribution >= 0.6 is 0 Å². The summed E-state index contributed by atoms with van der Waals surface area (Å²) in [4.78, 5) is 11.8. The van der Waals surface area contributed by atoms with Crippen LogP contribution in [0, 0.1) is 11.8 Å². The first-order valence-corrected chi connectivity index (χ1v) is 5.63. The minimum atomic E-state index is 0.268. The van der Waals surface area contributed by atoms with Gasteiger partial charge in [-0.05, 0) is 38.1 Å². The van der Waals surface area contributed by atoms with Gasteiger partial charge in [-0.15, -0.1) is 6.58 Å². The summed E-state index contributed by atoms with van der Waals surface area (Å²) < 4.78 is 0. The Morgan fingerprint density at radius 2 is 2.29 bits per heavy atom. The van der Waals surface area contributed by atoms with E-state index in [0.29, 0.717) is 24.7 Å². The van der Waals surface area contributed by atoms with Crippen molar-refractivity contribution in [3.05, 3.63) is 12.7 Å². The molecular formula is C12H21NO. The van der Waals surface area contributed by atoms with Crippen LogP contribution in [0.15, 0.2) is 12.7 Å². The SMILES string of the molecule is C=CCCCC(=O)C1CCCC1CN. The number of hydrogen-bond acceptors (Lipinski definition) is 2. The summed E-state index contributed by atoms with van der Waals surface area (Å²) >= 11 is 0. The predicted octanol–water partition coefficient (Wildman–Crippen LogP) is 2.29. The molecule has 0 amide bonds. The average Bonchev–Trinajstić information content (AvgIpc) is 2.65.